The molecular weight excluding hydrogens is 310 g/mol. The lowest BCUT2D eigenvalue weighted by molar-refractivity contribution is 0.0575. The van der Waals surface area contributed by atoms with Gasteiger partial charge in [0.05, 0.1) is 24.1 Å². The largest absolute Gasteiger partial charge is 0.478 e. The van der Waals surface area contributed by atoms with Gasteiger partial charge in [-0.25, -0.2) is 14.6 Å². The number of ether oxygens (including phenoxy) is 1. The minimum atomic E-state index is -1.05. The van der Waals surface area contributed by atoms with Crippen molar-refractivity contribution >= 4 is 17.7 Å². The molecule has 1 aromatic carbocycles. The molecule has 0 aliphatic rings. The van der Waals surface area contributed by atoms with Crippen LogP contribution >= 0.6 is 0 Å². The fraction of sp³-hybridized carbons (Fsp3) is 0.353. The number of aryl methyl sites for hydroxylation is 1. The Balaban J connectivity index is 2.38. The third-order valence-electron chi connectivity index (χ3n) is 3.26. The number of carboxylic acid groups (broad SMARTS) is 1. The lowest BCUT2D eigenvalue weighted by atomic mass is 10.2. The van der Waals surface area contributed by atoms with Crippen LogP contribution in [0.4, 0.5) is 10.5 Å². The molecule has 0 saturated heterocycles. The van der Waals surface area contributed by atoms with E-state index in [0.29, 0.717) is 5.69 Å². The summed E-state index contributed by atoms with van der Waals surface area (Å²) in [5.74, 6) is -1.05. The van der Waals surface area contributed by atoms with Crippen molar-refractivity contribution in [1.82, 2.24) is 9.55 Å². The minimum Gasteiger partial charge on any atom is -0.478 e. The molecule has 0 fully saturated rings. The van der Waals surface area contributed by atoms with Gasteiger partial charge in [0.15, 0.2) is 0 Å². The molecule has 0 radical (unpaired) electrons. The van der Waals surface area contributed by atoms with Gasteiger partial charge in [0, 0.05) is 18.9 Å². The highest BCUT2D eigenvalue weighted by atomic mass is 16.6. The number of benzene rings is 1. The molecule has 0 aliphatic carbocycles. The average Bonchev–Trinajstić information content (AvgIpc) is 2.88. The lowest BCUT2D eigenvalue weighted by Gasteiger charge is -2.27. The number of nitrogens with zero attached hydrogens (tertiary/aromatic N) is 3. The number of hydrogen-bond acceptors (Lipinski definition) is 4. The maximum Gasteiger partial charge on any atom is 0.415 e. The Morgan fingerprint density at radius 1 is 1.33 bits per heavy atom. The van der Waals surface area contributed by atoms with E-state index < -0.39 is 17.7 Å². The molecule has 2 rings (SSSR count). The summed E-state index contributed by atoms with van der Waals surface area (Å²) in [4.78, 5) is 29.2. The highest BCUT2D eigenvalue weighted by molar-refractivity contribution is 5.92. The number of aromatic carboxylic acids is 1. The van der Waals surface area contributed by atoms with E-state index in [9.17, 15) is 9.59 Å². The standard InChI is InChI=1S/C17H21N3O4/c1-17(2,3)24-16(23)20(10-14-9-18-11-19(14)4)13-7-5-6-12(8-13)15(21)22/h5-9,11H,10H2,1-4H3,(H,21,22). The van der Waals surface area contributed by atoms with E-state index >= 15 is 0 Å². The second-order valence-electron chi connectivity index (χ2n) is 6.42. The van der Waals surface area contributed by atoms with Gasteiger partial charge in [0.2, 0.25) is 0 Å². The predicted octanol–water partition coefficient (Wildman–Crippen LogP) is 3.06. The summed E-state index contributed by atoms with van der Waals surface area (Å²) in [5, 5.41) is 9.17. The molecular formula is C17H21N3O4. The Morgan fingerprint density at radius 3 is 2.58 bits per heavy atom. The molecule has 0 aliphatic heterocycles. The molecule has 1 N–H and O–H groups in total. The summed E-state index contributed by atoms with van der Waals surface area (Å²) in [6, 6.07) is 6.19. The van der Waals surface area contributed by atoms with Crippen molar-refractivity contribution < 1.29 is 19.4 Å². The minimum absolute atomic E-state index is 0.103. The predicted molar refractivity (Wildman–Crippen MR) is 89.0 cm³/mol. The molecule has 7 heteroatoms. The molecule has 2 aromatic rings. The van der Waals surface area contributed by atoms with Crippen LogP contribution in [0.25, 0.3) is 0 Å². The van der Waals surface area contributed by atoms with Gasteiger partial charge in [-0.05, 0) is 39.0 Å². The Hall–Kier alpha value is -2.83. The molecule has 1 aromatic heterocycles. The molecule has 0 unspecified atom stereocenters. The zero-order valence-corrected chi connectivity index (χ0v) is 14.2. The van der Waals surface area contributed by atoms with Gasteiger partial charge in [0.1, 0.15) is 5.60 Å². The van der Waals surface area contributed by atoms with Crippen LogP contribution < -0.4 is 4.90 Å². The van der Waals surface area contributed by atoms with Gasteiger partial charge in [-0.3, -0.25) is 4.90 Å². The molecule has 7 nitrogen and oxygen atoms in total. The molecule has 24 heavy (non-hydrogen) atoms. The van der Waals surface area contributed by atoms with Crippen LogP contribution in [0.2, 0.25) is 0 Å². The molecule has 0 atom stereocenters. The smallest absolute Gasteiger partial charge is 0.415 e. The molecule has 1 heterocycles. The highest BCUT2D eigenvalue weighted by Crippen LogP contribution is 2.22. The first-order valence-corrected chi connectivity index (χ1v) is 7.46. The number of carbonyl (C=O) groups is 2. The Morgan fingerprint density at radius 2 is 2.04 bits per heavy atom. The summed E-state index contributed by atoms with van der Waals surface area (Å²) >= 11 is 0. The van der Waals surface area contributed by atoms with Crippen LogP contribution in [0.1, 0.15) is 36.8 Å². The normalized spacial score (nSPS) is 11.2. The monoisotopic (exact) mass is 331 g/mol. The first-order valence-electron chi connectivity index (χ1n) is 7.46. The van der Waals surface area contributed by atoms with Gasteiger partial charge >= 0.3 is 12.1 Å². The van der Waals surface area contributed by atoms with Crippen molar-refractivity contribution in [2.75, 3.05) is 4.90 Å². The van der Waals surface area contributed by atoms with E-state index in [0.717, 1.165) is 5.69 Å². The van der Waals surface area contributed by atoms with Crippen molar-refractivity contribution in [1.29, 1.82) is 0 Å². The highest BCUT2D eigenvalue weighted by Gasteiger charge is 2.25. The van der Waals surface area contributed by atoms with Crippen molar-refractivity contribution in [3.63, 3.8) is 0 Å². The van der Waals surface area contributed by atoms with Gasteiger partial charge in [-0.2, -0.15) is 0 Å². The third-order valence-corrected chi connectivity index (χ3v) is 3.26. The van der Waals surface area contributed by atoms with Crippen LogP contribution in [0.5, 0.6) is 0 Å². The first-order chi connectivity index (χ1) is 11.2. The topological polar surface area (TPSA) is 84.7 Å². The summed E-state index contributed by atoms with van der Waals surface area (Å²) in [5.41, 5.74) is 0.685. The van der Waals surface area contributed by atoms with E-state index in [1.807, 2.05) is 7.05 Å². The lowest BCUT2D eigenvalue weighted by Crippen LogP contribution is -2.37. The van der Waals surface area contributed by atoms with E-state index in [4.69, 9.17) is 9.84 Å². The van der Waals surface area contributed by atoms with Crippen LogP contribution in [0.15, 0.2) is 36.8 Å². The van der Waals surface area contributed by atoms with Gasteiger partial charge in [-0.15, -0.1) is 0 Å². The van der Waals surface area contributed by atoms with Crippen molar-refractivity contribution in [3.8, 4) is 0 Å². The van der Waals surface area contributed by atoms with Gasteiger partial charge in [0.25, 0.3) is 0 Å². The van der Waals surface area contributed by atoms with E-state index in [1.54, 1.807) is 50.0 Å². The molecule has 0 spiro atoms. The Kier molecular flexibility index (Phi) is 4.92. The number of hydrogen-bond donors (Lipinski definition) is 1. The zero-order valence-electron chi connectivity index (χ0n) is 14.2. The maximum absolute atomic E-state index is 12.6. The summed E-state index contributed by atoms with van der Waals surface area (Å²) in [7, 11) is 1.82. The van der Waals surface area contributed by atoms with Crippen molar-refractivity contribution in [2.45, 2.75) is 32.9 Å². The van der Waals surface area contributed by atoms with E-state index in [-0.39, 0.29) is 12.1 Å². The fourth-order valence-electron chi connectivity index (χ4n) is 2.08. The van der Waals surface area contributed by atoms with Crippen molar-refractivity contribution in [2.24, 2.45) is 7.05 Å². The molecule has 128 valence electrons. The Bertz CT molecular complexity index is 746. The summed E-state index contributed by atoms with van der Waals surface area (Å²) in [6.45, 7) is 5.55. The van der Waals surface area contributed by atoms with Crippen LogP contribution in [-0.4, -0.2) is 32.3 Å². The van der Waals surface area contributed by atoms with Crippen LogP contribution in [0.3, 0.4) is 0 Å². The van der Waals surface area contributed by atoms with Crippen LogP contribution in [0, 0.1) is 0 Å². The van der Waals surface area contributed by atoms with E-state index in [1.165, 1.54) is 17.0 Å². The van der Waals surface area contributed by atoms with Gasteiger partial charge in [-0.1, -0.05) is 6.07 Å². The molecule has 0 saturated carbocycles. The van der Waals surface area contributed by atoms with Crippen LogP contribution in [-0.2, 0) is 18.3 Å². The molecule has 1 amide bonds. The number of anilines is 1. The number of imidazole rings is 1. The van der Waals surface area contributed by atoms with E-state index in [2.05, 4.69) is 4.98 Å². The summed E-state index contributed by atoms with van der Waals surface area (Å²) < 4.78 is 7.24. The van der Waals surface area contributed by atoms with Crippen molar-refractivity contribution in [3.05, 3.63) is 48.0 Å². The second-order valence-corrected chi connectivity index (χ2v) is 6.42. The third kappa shape index (κ3) is 4.34. The van der Waals surface area contributed by atoms with Gasteiger partial charge < -0.3 is 14.4 Å². The fourth-order valence-corrected chi connectivity index (χ4v) is 2.08. The zero-order chi connectivity index (χ0) is 17.9. The number of carboxylic acids is 1. The first kappa shape index (κ1) is 17.5. The quantitative estimate of drug-likeness (QED) is 0.930. The summed E-state index contributed by atoms with van der Waals surface area (Å²) in [6.07, 6.45) is 2.74. The maximum atomic E-state index is 12.6. The second kappa shape index (κ2) is 6.74. The number of carbonyl (C=O) groups excluding carboxylic acids is 1. The number of amides is 1. The molecule has 0 bridgehead atoms. The number of rotatable bonds is 4. The average molecular weight is 331 g/mol. The SMILES string of the molecule is Cn1cncc1CN(C(=O)OC(C)(C)C)c1cccc(C(=O)O)c1. The number of aromatic nitrogens is 2. The Labute approximate surface area is 140 Å².